The normalized spacial score (nSPS) is 24.9. The molecule has 0 atom stereocenters. The van der Waals surface area contributed by atoms with Crippen molar-refractivity contribution in [3.05, 3.63) is 47.9 Å². The van der Waals surface area contributed by atoms with Crippen LogP contribution in [-0.2, 0) is 0 Å². The van der Waals surface area contributed by atoms with Crippen molar-refractivity contribution >= 4 is 0 Å². The number of rotatable bonds is 6. The van der Waals surface area contributed by atoms with E-state index in [9.17, 15) is 0 Å². The van der Waals surface area contributed by atoms with Crippen LogP contribution >= 0.6 is 0 Å². The summed E-state index contributed by atoms with van der Waals surface area (Å²) in [5.74, 6) is 2.59. The second kappa shape index (κ2) is 11.9. The topological polar surface area (TPSA) is 13.0 Å². The first kappa shape index (κ1) is 31.0. The van der Waals surface area contributed by atoms with Gasteiger partial charge >= 0.3 is 0 Å². The van der Waals surface area contributed by atoms with E-state index in [1.807, 2.05) is 0 Å². The predicted octanol–water partition coefficient (Wildman–Crippen LogP) is 7.73. The summed E-state index contributed by atoms with van der Waals surface area (Å²) in [6.45, 7) is 27.1. The van der Waals surface area contributed by atoms with Crippen LogP contribution in [0.1, 0.15) is 94.9 Å². The Balaban J connectivity index is 0.000000212. The van der Waals surface area contributed by atoms with Crippen molar-refractivity contribution in [1.82, 2.24) is 19.6 Å². The lowest BCUT2D eigenvalue weighted by Crippen LogP contribution is -2.58. The van der Waals surface area contributed by atoms with Crippen molar-refractivity contribution < 1.29 is 0 Å². The smallest absolute Gasteiger partial charge is 0.0880 e. The van der Waals surface area contributed by atoms with E-state index in [1.165, 1.54) is 43.6 Å². The van der Waals surface area contributed by atoms with Gasteiger partial charge in [-0.3, -0.25) is 9.80 Å². The van der Waals surface area contributed by atoms with E-state index in [4.69, 9.17) is 0 Å². The maximum absolute atomic E-state index is 2.71. The molecule has 2 fully saturated rings. The molecule has 0 N–H and O–H groups in total. The number of hydrogen-bond acceptors (Lipinski definition) is 4. The Morgan fingerprint density at radius 3 is 1.53 bits per heavy atom. The summed E-state index contributed by atoms with van der Waals surface area (Å²) >= 11 is 0. The van der Waals surface area contributed by atoms with Crippen LogP contribution < -0.4 is 0 Å². The molecule has 216 valence electrons. The Bertz CT molecular complexity index is 901. The number of hydrogen-bond donors (Lipinski definition) is 0. The Morgan fingerprint density at radius 1 is 0.632 bits per heavy atom. The average molecular weight is 525 g/mol. The lowest BCUT2D eigenvalue weighted by atomic mass is 9.75. The molecule has 4 nitrogen and oxygen atoms in total. The third-order valence-corrected chi connectivity index (χ3v) is 10.3. The molecule has 0 amide bonds. The van der Waals surface area contributed by atoms with Crippen molar-refractivity contribution in [1.29, 1.82) is 0 Å². The average Bonchev–Trinajstić information content (AvgIpc) is 3.33. The molecular formula is C34H60N4. The molecule has 38 heavy (non-hydrogen) atoms. The van der Waals surface area contributed by atoms with Crippen molar-refractivity contribution in [3.63, 3.8) is 0 Å². The maximum atomic E-state index is 2.71. The van der Waals surface area contributed by atoms with Gasteiger partial charge in [0, 0.05) is 24.5 Å². The molecule has 4 aliphatic rings. The van der Waals surface area contributed by atoms with Crippen LogP contribution in [0.5, 0.6) is 0 Å². The molecule has 4 heteroatoms. The standard InChI is InChI=1S/C18H32N2.C16H28N2/c1-14(2)18(15(3)4)13-19(7)17(5,6)20(18)16-11-9-8-10-12-16;1-13(2)16(14(3)4)11-17(5)12-18(16)15-9-7-6-8-10-15/h9,11-12,14-15H,8,10,13H2,1-7H3;7,9-10,13-14H,6,8,11-12H2,1-5H3. The molecule has 2 aliphatic heterocycles. The van der Waals surface area contributed by atoms with Crippen LogP contribution in [0.15, 0.2) is 47.9 Å². The fourth-order valence-electron chi connectivity index (χ4n) is 7.91. The highest BCUT2D eigenvalue weighted by atomic mass is 15.5. The molecule has 0 aromatic rings. The summed E-state index contributed by atoms with van der Waals surface area (Å²) in [5.41, 5.74) is 3.43. The molecule has 0 spiro atoms. The summed E-state index contributed by atoms with van der Waals surface area (Å²) < 4.78 is 0. The largest absolute Gasteiger partial charge is 0.351 e. The van der Waals surface area contributed by atoms with Gasteiger partial charge in [0.1, 0.15) is 0 Å². The summed E-state index contributed by atoms with van der Waals surface area (Å²) in [4.78, 5) is 10.3. The molecule has 0 saturated carbocycles. The second-order valence-electron chi connectivity index (χ2n) is 14.1. The highest BCUT2D eigenvalue weighted by Crippen LogP contribution is 2.48. The summed E-state index contributed by atoms with van der Waals surface area (Å²) in [6.07, 6.45) is 18.9. The third kappa shape index (κ3) is 5.42. The Labute approximate surface area is 236 Å². The molecule has 2 saturated heterocycles. The number of nitrogens with zero attached hydrogens (tertiary/aromatic N) is 4. The van der Waals surface area contributed by atoms with Crippen molar-refractivity contribution in [3.8, 4) is 0 Å². The zero-order valence-electron chi connectivity index (χ0n) is 27.0. The molecule has 0 unspecified atom stereocenters. The van der Waals surface area contributed by atoms with E-state index in [1.54, 1.807) is 0 Å². The molecule has 2 heterocycles. The van der Waals surface area contributed by atoms with E-state index < -0.39 is 0 Å². The number of likely N-dealkylation sites (N-methyl/N-ethyl adjacent to an activating group) is 2. The fourth-order valence-corrected chi connectivity index (χ4v) is 7.91. The van der Waals surface area contributed by atoms with Gasteiger partial charge in [0.05, 0.1) is 23.4 Å². The summed E-state index contributed by atoms with van der Waals surface area (Å²) in [6, 6.07) is 0. The lowest BCUT2D eigenvalue weighted by Gasteiger charge is -2.51. The van der Waals surface area contributed by atoms with Gasteiger partial charge in [-0.2, -0.15) is 0 Å². The minimum Gasteiger partial charge on any atom is -0.351 e. The fraction of sp³-hybridized carbons (Fsp3) is 0.765. The first-order valence-electron chi connectivity index (χ1n) is 15.4. The van der Waals surface area contributed by atoms with Crippen LogP contribution in [0.3, 0.4) is 0 Å². The minimum atomic E-state index is 0.0715. The highest BCUT2D eigenvalue weighted by molar-refractivity contribution is 5.29. The summed E-state index contributed by atoms with van der Waals surface area (Å²) in [7, 11) is 4.51. The van der Waals surface area contributed by atoms with E-state index in [0.717, 1.165) is 13.2 Å². The minimum absolute atomic E-state index is 0.0715. The highest BCUT2D eigenvalue weighted by Gasteiger charge is 2.56. The monoisotopic (exact) mass is 524 g/mol. The SMILES string of the molecule is CC(C)C1(C(C)C)CN(C)C(C)(C)N1C1=CCCC=C1.CC(C)C1(C(C)C)CN(C)CN1C1=CCCC=C1. The Hall–Kier alpha value is -1.52. The maximum Gasteiger partial charge on any atom is 0.0880 e. The van der Waals surface area contributed by atoms with Gasteiger partial charge in [0.2, 0.25) is 0 Å². The first-order chi connectivity index (χ1) is 17.7. The van der Waals surface area contributed by atoms with Crippen LogP contribution in [0.2, 0.25) is 0 Å². The van der Waals surface area contributed by atoms with E-state index in [2.05, 4.69) is 139 Å². The van der Waals surface area contributed by atoms with Gasteiger partial charge < -0.3 is 9.80 Å². The molecule has 0 radical (unpaired) electrons. The first-order valence-corrected chi connectivity index (χ1v) is 15.4. The quantitative estimate of drug-likeness (QED) is 0.352. The molecule has 4 rings (SSSR count). The van der Waals surface area contributed by atoms with Gasteiger partial charge in [-0.05, 0) is 89.4 Å². The van der Waals surface area contributed by atoms with Gasteiger partial charge in [0.25, 0.3) is 0 Å². The predicted molar refractivity (Wildman–Crippen MR) is 166 cm³/mol. The lowest BCUT2D eigenvalue weighted by molar-refractivity contribution is 0.0124. The molecule has 2 aliphatic carbocycles. The molecule has 0 aromatic carbocycles. The van der Waals surface area contributed by atoms with Crippen LogP contribution in [0.4, 0.5) is 0 Å². The van der Waals surface area contributed by atoms with Crippen LogP contribution in [0.25, 0.3) is 0 Å². The van der Waals surface area contributed by atoms with E-state index in [-0.39, 0.29) is 16.7 Å². The van der Waals surface area contributed by atoms with Crippen LogP contribution in [0, 0.1) is 23.7 Å². The van der Waals surface area contributed by atoms with Gasteiger partial charge in [0.15, 0.2) is 0 Å². The van der Waals surface area contributed by atoms with Gasteiger partial charge in [-0.1, -0.05) is 79.7 Å². The zero-order chi connectivity index (χ0) is 28.5. The molecular weight excluding hydrogens is 464 g/mol. The Kier molecular flexibility index (Phi) is 9.73. The van der Waals surface area contributed by atoms with E-state index >= 15 is 0 Å². The van der Waals surface area contributed by atoms with E-state index in [0.29, 0.717) is 23.7 Å². The molecule has 0 aromatic heterocycles. The number of allylic oxidation sites excluding steroid dienone is 6. The second-order valence-corrected chi connectivity index (χ2v) is 14.1. The molecule has 0 bridgehead atoms. The van der Waals surface area contributed by atoms with Gasteiger partial charge in [-0.25, -0.2) is 0 Å². The van der Waals surface area contributed by atoms with Crippen molar-refractivity contribution in [2.75, 3.05) is 33.9 Å². The third-order valence-electron chi connectivity index (χ3n) is 10.3. The van der Waals surface area contributed by atoms with Crippen molar-refractivity contribution in [2.24, 2.45) is 23.7 Å². The van der Waals surface area contributed by atoms with Crippen molar-refractivity contribution in [2.45, 2.75) is 112 Å². The van der Waals surface area contributed by atoms with Crippen LogP contribution in [-0.4, -0.2) is 70.2 Å². The zero-order valence-corrected chi connectivity index (χ0v) is 27.0. The Morgan fingerprint density at radius 2 is 1.11 bits per heavy atom. The van der Waals surface area contributed by atoms with Gasteiger partial charge in [-0.15, -0.1) is 0 Å². The summed E-state index contributed by atoms with van der Waals surface area (Å²) in [5, 5.41) is 0.